The molecule has 21 heavy (non-hydrogen) atoms. The Bertz CT molecular complexity index is 592. The molecular formula is C16H17FN2OS. The maximum Gasteiger partial charge on any atom is 0.223 e. The van der Waals surface area contributed by atoms with Crippen molar-refractivity contribution in [2.75, 3.05) is 12.8 Å². The third-order valence-corrected chi connectivity index (χ3v) is 4.03. The second-order valence-corrected chi connectivity index (χ2v) is 5.78. The molecule has 0 aliphatic heterocycles. The summed E-state index contributed by atoms with van der Waals surface area (Å²) in [5.74, 6) is 0.373. The predicted molar refractivity (Wildman–Crippen MR) is 82.5 cm³/mol. The SMILES string of the molecule is CN(Cc1cccnc1)C(=O)CCSc1ccccc1F. The summed E-state index contributed by atoms with van der Waals surface area (Å²) >= 11 is 1.36. The van der Waals surface area contributed by atoms with Crippen molar-refractivity contribution in [3.63, 3.8) is 0 Å². The lowest BCUT2D eigenvalue weighted by molar-refractivity contribution is -0.129. The molecule has 2 aromatic rings. The fraction of sp³-hybridized carbons (Fsp3) is 0.250. The first-order valence-corrected chi connectivity index (χ1v) is 7.65. The zero-order valence-corrected chi connectivity index (χ0v) is 12.6. The number of hydrogen-bond donors (Lipinski definition) is 0. The van der Waals surface area contributed by atoms with Gasteiger partial charge in [-0.25, -0.2) is 4.39 Å². The van der Waals surface area contributed by atoms with Gasteiger partial charge in [0, 0.05) is 43.1 Å². The lowest BCUT2D eigenvalue weighted by Crippen LogP contribution is -2.26. The van der Waals surface area contributed by atoms with Crippen molar-refractivity contribution >= 4 is 17.7 Å². The molecule has 0 atom stereocenters. The normalized spacial score (nSPS) is 10.4. The molecule has 0 aliphatic rings. The second kappa shape index (κ2) is 7.78. The number of thioether (sulfide) groups is 1. The highest BCUT2D eigenvalue weighted by Crippen LogP contribution is 2.22. The van der Waals surface area contributed by atoms with Gasteiger partial charge in [-0.1, -0.05) is 18.2 Å². The van der Waals surface area contributed by atoms with Gasteiger partial charge in [0.15, 0.2) is 0 Å². The van der Waals surface area contributed by atoms with Gasteiger partial charge in [-0.2, -0.15) is 0 Å². The molecule has 0 saturated heterocycles. The highest BCUT2D eigenvalue weighted by atomic mass is 32.2. The van der Waals surface area contributed by atoms with E-state index >= 15 is 0 Å². The zero-order chi connectivity index (χ0) is 15.1. The number of nitrogens with zero attached hydrogens (tertiary/aromatic N) is 2. The molecule has 0 spiro atoms. The van der Waals surface area contributed by atoms with Crippen LogP contribution < -0.4 is 0 Å². The maximum atomic E-state index is 13.4. The van der Waals surface area contributed by atoms with Gasteiger partial charge in [-0.05, 0) is 23.8 Å². The van der Waals surface area contributed by atoms with E-state index in [9.17, 15) is 9.18 Å². The summed E-state index contributed by atoms with van der Waals surface area (Å²) in [4.78, 5) is 18.3. The molecule has 1 heterocycles. The van der Waals surface area contributed by atoms with Crippen LogP contribution in [0.4, 0.5) is 4.39 Å². The van der Waals surface area contributed by atoms with Crippen LogP contribution in [-0.2, 0) is 11.3 Å². The minimum Gasteiger partial charge on any atom is -0.341 e. The lowest BCUT2D eigenvalue weighted by Gasteiger charge is -2.17. The number of carbonyl (C=O) groups excluding carboxylic acids is 1. The summed E-state index contributed by atoms with van der Waals surface area (Å²) in [5.41, 5.74) is 0.995. The number of pyridine rings is 1. The third kappa shape index (κ3) is 4.86. The molecule has 3 nitrogen and oxygen atoms in total. The lowest BCUT2D eigenvalue weighted by atomic mass is 10.2. The first kappa shape index (κ1) is 15.5. The topological polar surface area (TPSA) is 33.2 Å². The number of amides is 1. The molecular weight excluding hydrogens is 287 g/mol. The monoisotopic (exact) mass is 304 g/mol. The molecule has 0 saturated carbocycles. The quantitative estimate of drug-likeness (QED) is 0.767. The smallest absolute Gasteiger partial charge is 0.223 e. The van der Waals surface area contributed by atoms with Crippen LogP contribution >= 0.6 is 11.8 Å². The number of hydrogen-bond acceptors (Lipinski definition) is 3. The average Bonchev–Trinajstić information content (AvgIpc) is 2.50. The first-order chi connectivity index (χ1) is 10.2. The van der Waals surface area contributed by atoms with Crippen LogP contribution in [-0.4, -0.2) is 28.6 Å². The van der Waals surface area contributed by atoms with Crippen molar-refractivity contribution in [2.45, 2.75) is 17.9 Å². The molecule has 1 amide bonds. The first-order valence-electron chi connectivity index (χ1n) is 6.67. The van der Waals surface area contributed by atoms with Crippen molar-refractivity contribution < 1.29 is 9.18 Å². The molecule has 0 bridgehead atoms. The van der Waals surface area contributed by atoms with Crippen molar-refractivity contribution in [1.29, 1.82) is 0 Å². The van der Waals surface area contributed by atoms with E-state index in [1.165, 1.54) is 17.8 Å². The van der Waals surface area contributed by atoms with E-state index < -0.39 is 0 Å². The molecule has 0 unspecified atom stereocenters. The van der Waals surface area contributed by atoms with Gasteiger partial charge in [0.1, 0.15) is 5.82 Å². The summed E-state index contributed by atoms with van der Waals surface area (Å²) < 4.78 is 13.4. The molecule has 0 fully saturated rings. The van der Waals surface area contributed by atoms with E-state index in [1.54, 1.807) is 42.5 Å². The third-order valence-electron chi connectivity index (χ3n) is 2.98. The second-order valence-electron chi connectivity index (χ2n) is 4.64. The zero-order valence-electron chi connectivity index (χ0n) is 11.8. The predicted octanol–water partition coefficient (Wildman–Crippen LogP) is 3.36. The van der Waals surface area contributed by atoms with E-state index in [4.69, 9.17) is 0 Å². The minimum absolute atomic E-state index is 0.0442. The Morgan fingerprint density at radius 3 is 2.81 bits per heavy atom. The van der Waals surface area contributed by atoms with Gasteiger partial charge in [0.05, 0.1) is 0 Å². The summed E-state index contributed by atoms with van der Waals surface area (Å²) in [6.07, 6.45) is 3.84. The summed E-state index contributed by atoms with van der Waals surface area (Å²) in [5, 5.41) is 0. The Balaban J connectivity index is 1.78. The Morgan fingerprint density at radius 1 is 1.29 bits per heavy atom. The van der Waals surface area contributed by atoms with E-state index in [-0.39, 0.29) is 11.7 Å². The molecule has 1 aromatic carbocycles. The fourth-order valence-corrected chi connectivity index (χ4v) is 2.73. The van der Waals surface area contributed by atoms with E-state index in [0.717, 1.165) is 5.56 Å². The van der Waals surface area contributed by atoms with Gasteiger partial charge in [0.2, 0.25) is 5.91 Å². The standard InChI is InChI=1S/C16H17FN2OS/c1-19(12-13-5-4-9-18-11-13)16(20)8-10-21-15-7-3-2-6-14(15)17/h2-7,9,11H,8,10,12H2,1H3. The van der Waals surface area contributed by atoms with Gasteiger partial charge in [-0.15, -0.1) is 11.8 Å². The maximum absolute atomic E-state index is 13.4. The van der Waals surface area contributed by atoms with Gasteiger partial charge in [0.25, 0.3) is 0 Å². The van der Waals surface area contributed by atoms with Crippen molar-refractivity contribution in [2.24, 2.45) is 0 Å². The average molecular weight is 304 g/mol. The van der Waals surface area contributed by atoms with Gasteiger partial charge >= 0.3 is 0 Å². The van der Waals surface area contributed by atoms with Crippen molar-refractivity contribution in [3.8, 4) is 0 Å². The van der Waals surface area contributed by atoms with Crippen molar-refractivity contribution in [3.05, 3.63) is 60.2 Å². The largest absolute Gasteiger partial charge is 0.341 e. The van der Waals surface area contributed by atoms with Gasteiger partial charge in [-0.3, -0.25) is 9.78 Å². The van der Waals surface area contributed by atoms with E-state index in [1.807, 2.05) is 12.1 Å². The molecule has 0 radical (unpaired) electrons. The van der Waals surface area contributed by atoms with Crippen molar-refractivity contribution in [1.82, 2.24) is 9.88 Å². The van der Waals surface area contributed by atoms with E-state index in [2.05, 4.69) is 4.98 Å². The van der Waals surface area contributed by atoms with Gasteiger partial charge < -0.3 is 4.90 Å². The Morgan fingerprint density at radius 2 is 2.10 bits per heavy atom. The van der Waals surface area contributed by atoms with Crippen LogP contribution in [0.15, 0.2) is 53.7 Å². The number of rotatable bonds is 6. The summed E-state index contributed by atoms with van der Waals surface area (Å²) in [6, 6.07) is 10.4. The number of aromatic nitrogens is 1. The van der Waals surface area contributed by atoms with Crippen LogP contribution in [0.2, 0.25) is 0 Å². The van der Waals surface area contributed by atoms with Crippen LogP contribution in [0.1, 0.15) is 12.0 Å². The molecule has 0 aliphatic carbocycles. The summed E-state index contributed by atoms with van der Waals surface area (Å²) in [7, 11) is 1.77. The Kier molecular flexibility index (Phi) is 5.75. The van der Waals surface area contributed by atoms with Crippen LogP contribution in [0.25, 0.3) is 0 Å². The Hall–Kier alpha value is -1.88. The van der Waals surface area contributed by atoms with Crippen LogP contribution in [0.3, 0.4) is 0 Å². The number of halogens is 1. The fourth-order valence-electron chi connectivity index (χ4n) is 1.85. The summed E-state index contributed by atoms with van der Waals surface area (Å²) in [6.45, 7) is 0.539. The van der Waals surface area contributed by atoms with E-state index in [0.29, 0.717) is 23.6 Å². The number of carbonyl (C=O) groups is 1. The van der Waals surface area contributed by atoms with Crippen LogP contribution in [0, 0.1) is 5.82 Å². The molecule has 2 rings (SSSR count). The molecule has 0 N–H and O–H groups in total. The molecule has 1 aromatic heterocycles. The molecule has 110 valence electrons. The number of benzene rings is 1. The highest BCUT2D eigenvalue weighted by molar-refractivity contribution is 7.99. The Labute approximate surface area is 128 Å². The highest BCUT2D eigenvalue weighted by Gasteiger charge is 2.10. The molecule has 5 heteroatoms. The minimum atomic E-state index is -0.237. The van der Waals surface area contributed by atoms with Crippen LogP contribution in [0.5, 0.6) is 0 Å².